The lowest BCUT2D eigenvalue weighted by Crippen LogP contribution is -2.40. The minimum Gasteiger partial charge on any atom is -0.469 e. The van der Waals surface area contributed by atoms with Crippen LogP contribution in [0.3, 0.4) is 0 Å². The molecule has 1 saturated heterocycles. The van der Waals surface area contributed by atoms with E-state index in [1.54, 1.807) is 12.0 Å². The molecule has 3 rings (SSSR count). The molecule has 1 aliphatic rings. The average molecular weight is 485 g/mol. The first-order chi connectivity index (χ1) is 16.5. The third kappa shape index (κ3) is 7.08. The maximum atomic E-state index is 13.5. The number of carbonyl (C=O) groups is 3. The SMILES string of the molecule is COC(=O)CCCC(=O)CSCC1C(OC)N(Cc2ccccc2)C(=O)N1Cc1ccccc1. The molecule has 0 bridgehead atoms. The van der Waals surface area contributed by atoms with E-state index in [1.165, 1.54) is 18.9 Å². The van der Waals surface area contributed by atoms with E-state index in [0.29, 0.717) is 37.4 Å². The van der Waals surface area contributed by atoms with Gasteiger partial charge in [-0.1, -0.05) is 60.7 Å². The van der Waals surface area contributed by atoms with E-state index in [1.807, 2.05) is 65.6 Å². The van der Waals surface area contributed by atoms with Crippen LogP contribution in [-0.4, -0.2) is 65.6 Å². The summed E-state index contributed by atoms with van der Waals surface area (Å²) in [6.45, 7) is 0.931. The van der Waals surface area contributed by atoms with Crippen LogP contribution in [-0.2, 0) is 32.2 Å². The van der Waals surface area contributed by atoms with Crippen LogP contribution < -0.4 is 0 Å². The summed E-state index contributed by atoms with van der Waals surface area (Å²) in [5, 5.41) is 0. The zero-order valence-corrected chi connectivity index (χ0v) is 20.5. The third-order valence-electron chi connectivity index (χ3n) is 5.78. The summed E-state index contributed by atoms with van der Waals surface area (Å²) < 4.78 is 10.4. The van der Waals surface area contributed by atoms with E-state index in [2.05, 4.69) is 4.74 Å². The highest BCUT2D eigenvalue weighted by Crippen LogP contribution is 2.30. The fourth-order valence-electron chi connectivity index (χ4n) is 4.03. The van der Waals surface area contributed by atoms with Crippen LogP contribution >= 0.6 is 11.8 Å². The van der Waals surface area contributed by atoms with Crippen molar-refractivity contribution < 1.29 is 23.9 Å². The topological polar surface area (TPSA) is 76.2 Å². The standard InChI is InChI=1S/C26H32N2O5S/c1-32-24(30)15-9-14-22(29)18-34-19-23-25(33-2)28(17-21-12-7-4-8-13-21)26(31)27(23)16-20-10-5-3-6-11-20/h3-8,10-13,23,25H,9,14-19H2,1-2H3. The molecule has 8 heteroatoms. The molecule has 2 aromatic rings. The van der Waals surface area contributed by atoms with Crippen LogP contribution in [0.5, 0.6) is 0 Å². The monoisotopic (exact) mass is 484 g/mol. The average Bonchev–Trinajstić information content (AvgIpc) is 3.10. The summed E-state index contributed by atoms with van der Waals surface area (Å²) in [5.41, 5.74) is 2.08. The highest BCUT2D eigenvalue weighted by Gasteiger charge is 2.45. The Morgan fingerprint density at radius 3 is 2.03 bits per heavy atom. The molecule has 2 atom stereocenters. The predicted octanol–water partition coefficient (Wildman–Crippen LogP) is 4.11. The quantitative estimate of drug-likeness (QED) is 0.398. The van der Waals surface area contributed by atoms with Gasteiger partial charge in [-0.15, -0.1) is 0 Å². The summed E-state index contributed by atoms with van der Waals surface area (Å²) in [7, 11) is 2.97. The number of rotatable bonds is 13. The minimum absolute atomic E-state index is 0.0745. The molecule has 0 radical (unpaired) electrons. The predicted molar refractivity (Wildman–Crippen MR) is 132 cm³/mol. The molecule has 0 saturated carbocycles. The minimum atomic E-state index is -0.418. The van der Waals surface area contributed by atoms with Crippen LogP contribution in [0.4, 0.5) is 4.79 Å². The second kappa shape index (κ2) is 13.2. The normalized spacial score (nSPS) is 17.8. The molecule has 1 aliphatic heterocycles. The lowest BCUT2D eigenvalue weighted by Gasteiger charge is -2.26. The smallest absolute Gasteiger partial charge is 0.323 e. The number of hydrogen-bond donors (Lipinski definition) is 0. The van der Waals surface area contributed by atoms with Gasteiger partial charge in [0.25, 0.3) is 0 Å². The Bertz CT molecular complexity index is 941. The number of esters is 1. The molecule has 0 N–H and O–H groups in total. The second-order valence-corrected chi connectivity index (χ2v) is 9.22. The number of methoxy groups -OCH3 is 2. The van der Waals surface area contributed by atoms with Crippen LogP contribution in [0.25, 0.3) is 0 Å². The first-order valence-electron chi connectivity index (χ1n) is 11.4. The van der Waals surface area contributed by atoms with Gasteiger partial charge in [-0.25, -0.2) is 4.79 Å². The number of benzene rings is 2. The lowest BCUT2D eigenvalue weighted by molar-refractivity contribution is -0.140. The Labute approximate surface area is 205 Å². The summed E-state index contributed by atoms with van der Waals surface area (Å²) in [5.74, 6) is 0.691. The maximum absolute atomic E-state index is 13.5. The van der Waals surface area contributed by atoms with E-state index in [9.17, 15) is 14.4 Å². The van der Waals surface area contributed by atoms with Gasteiger partial charge in [0.1, 0.15) is 5.78 Å². The number of ether oxygens (including phenoxy) is 2. The Balaban J connectivity index is 1.67. The third-order valence-corrected chi connectivity index (χ3v) is 6.88. The molecule has 2 unspecified atom stereocenters. The number of nitrogens with zero attached hydrogens (tertiary/aromatic N) is 2. The molecule has 34 heavy (non-hydrogen) atoms. The Hall–Kier alpha value is -2.84. The number of thioether (sulfide) groups is 1. The zero-order valence-electron chi connectivity index (χ0n) is 19.7. The molecule has 1 fully saturated rings. The van der Waals surface area contributed by atoms with E-state index in [4.69, 9.17) is 4.74 Å². The van der Waals surface area contributed by atoms with E-state index < -0.39 is 6.23 Å². The van der Waals surface area contributed by atoms with Gasteiger partial charge in [0.05, 0.1) is 25.4 Å². The van der Waals surface area contributed by atoms with Crippen molar-refractivity contribution in [1.82, 2.24) is 9.80 Å². The Morgan fingerprint density at radius 2 is 1.47 bits per heavy atom. The Morgan fingerprint density at radius 1 is 0.882 bits per heavy atom. The number of Topliss-reactive ketones (excluding diaryl/α,β-unsaturated/α-hetero) is 1. The van der Waals surface area contributed by atoms with Crippen molar-refractivity contribution in [2.24, 2.45) is 0 Å². The lowest BCUT2D eigenvalue weighted by atomic mass is 10.2. The van der Waals surface area contributed by atoms with Crippen LogP contribution in [0.15, 0.2) is 60.7 Å². The van der Waals surface area contributed by atoms with Gasteiger partial charge >= 0.3 is 12.0 Å². The highest BCUT2D eigenvalue weighted by molar-refractivity contribution is 8.00. The van der Waals surface area contributed by atoms with E-state index in [-0.39, 0.29) is 30.2 Å². The number of amides is 2. The molecule has 7 nitrogen and oxygen atoms in total. The molecule has 182 valence electrons. The van der Waals surface area contributed by atoms with E-state index in [0.717, 1.165) is 11.1 Å². The molecular weight excluding hydrogens is 452 g/mol. The van der Waals surface area contributed by atoms with Crippen LogP contribution in [0.2, 0.25) is 0 Å². The van der Waals surface area contributed by atoms with Crippen molar-refractivity contribution in [3.63, 3.8) is 0 Å². The van der Waals surface area contributed by atoms with Crippen molar-refractivity contribution in [3.05, 3.63) is 71.8 Å². The van der Waals surface area contributed by atoms with Gasteiger partial charge in [0.15, 0.2) is 6.23 Å². The molecule has 2 aromatic carbocycles. The number of carbonyl (C=O) groups excluding carboxylic acids is 3. The first kappa shape index (κ1) is 25.8. The first-order valence-corrected chi connectivity index (χ1v) is 12.5. The number of ketones is 1. The molecule has 0 aromatic heterocycles. The molecule has 2 amide bonds. The number of hydrogen-bond acceptors (Lipinski definition) is 6. The summed E-state index contributed by atoms with van der Waals surface area (Å²) in [6.07, 6.45) is 0.653. The maximum Gasteiger partial charge on any atom is 0.323 e. The van der Waals surface area contributed by atoms with Gasteiger partial charge in [0, 0.05) is 32.2 Å². The largest absolute Gasteiger partial charge is 0.469 e. The Kier molecular flexibility index (Phi) is 9.97. The molecular formula is C26H32N2O5S. The summed E-state index contributed by atoms with van der Waals surface area (Å²) in [4.78, 5) is 40.6. The van der Waals surface area contributed by atoms with Crippen molar-refractivity contribution in [3.8, 4) is 0 Å². The van der Waals surface area contributed by atoms with Gasteiger partial charge in [0.2, 0.25) is 0 Å². The molecule has 1 heterocycles. The van der Waals surface area contributed by atoms with Gasteiger partial charge in [-0.05, 0) is 17.5 Å². The van der Waals surface area contributed by atoms with Crippen molar-refractivity contribution in [2.45, 2.75) is 44.6 Å². The van der Waals surface area contributed by atoms with Gasteiger partial charge < -0.3 is 14.4 Å². The van der Waals surface area contributed by atoms with Crippen molar-refractivity contribution in [2.75, 3.05) is 25.7 Å². The van der Waals surface area contributed by atoms with Gasteiger partial charge in [-0.2, -0.15) is 11.8 Å². The zero-order chi connectivity index (χ0) is 24.3. The molecule has 0 aliphatic carbocycles. The molecule has 0 spiro atoms. The van der Waals surface area contributed by atoms with Crippen molar-refractivity contribution >= 4 is 29.5 Å². The number of urea groups is 1. The van der Waals surface area contributed by atoms with E-state index >= 15 is 0 Å². The van der Waals surface area contributed by atoms with Crippen LogP contribution in [0, 0.1) is 0 Å². The van der Waals surface area contributed by atoms with Crippen molar-refractivity contribution in [1.29, 1.82) is 0 Å². The van der Waals surface area contributed by atoms with Gasteiger partial charge in [-0.3, -0.25) is 14.5 Å². The van der Waals surface area contributed by atoms with Crippen LogP contribution in [0.1, 0.15) is 30.4 Å². The highest BCUT2D eigenvalue weighted by atomic mass is 32.2. The summed E-state index contributed by atoms with van der Waals surface area (Å²) >= 11 is 1.50. The summed E-state index contributed by atoms with van der Waals surface area (Å²) in [6, 6.07) is 19.5. The fourth-order valence-corrected chi connectivity index (χ4v) is 5.11. The fraction of sp³-hybridized carbons (Fsp3) is 0.423. The second-order valence-electron chi connectivity index (χ2n) is 8.19.